The third-order valence-electron chi connectivity index (χ3n) is 4.58. The number of benzene rings is 2. The van der Waals surface area contributed by atoms with Gasteiger partial charge in [0.15, 0.2) is 5.78 Å². The fraction of sp³-hybridized carbons (Fsp3) is 0.273. The number of anilines is 2. The van der Waals surface area contributed by atoms with Gasteiger partial charge in [-0.25, -0.2) is 10.5 Å². The van der Waals surface area contributed by atoms with E-state index in [0.29, 0.717) is 16.7 Å². The molecule has 30 heavy (non-hydrogen) atoms. The van der Waals surface area contributed by atoms with Crippen molar-refractivity contribution in [1.82, 2.24) is 15.2 Å². The number of aromatic nitrogens is 3. The number of nitrogens with one attached hydrogen (secondary N) is 2. The van der Waals surface area contributed by atoms with Gasteiger partial charge in [-0.3, -0.25) is 4.79 Å². The average Bonchev–Trinajstić information content (AvgIpc) is 3.22. The Bertz CT molecular complexity index is 978. The number of aromatic amines is 1. The number of thioether (sulfide) groups is 1. The predicted molar refractivity (Wildman–Crippen MR) is 124 cm³/mol. The second kappa shape index (κ2) is 10.6. The third kappa shape index (κ3) is 5.93. The van der Waals surface area contributed by atoms with Crippen molar-refractivity contribution in [3.63, 3.8) is 0 Å². The van der Waals surface area contributed by atoms with Crippen molar-refractivity contribution in [3.05, 3.63) is 65.2 Å². The van der Waals surface area contributed by atoms with E-state index >= 15 is 0 Å². The van der Waals surface area contributed by atoms with E-state index < -0.39 is 0 Å². The molecule has 2 N–H and O–H groups in total. The lowest BCUT2D eigenvalue weighted by atomic mass is 10.1. The molecule has 0 aliphatic carbocycles. The van der Waals surface area contributed by atoms with Crippen LogP contribution in [0.15, 0.2) is 58.8 Å². The first-order valence-corrected chi connectivity index (χ1v) is 10.9. The molecule has 0 radical (unpaired) electrons. The van der Waals surface area contributed by atoms with Crippen LogP contribution in [0.5, 0.6) is 0 Å². The van der Waals surface area contributed by atoms with Gasteiger partial charge < -0.3 is 4.90 Å². The van der Waals surface area contributed by atoms with E-state index in [1.165, 1.54) is 17.4 Å². The van der Waals surface area contributed by atoms with Crippen molar-refractivity contribution in [2.45, 2.75) is 25.9 Å². The maximum Gasteiger partial charge on any atom is 0.240 e. The molecule has 7 nitrogen and oxygen atoms in total. The standard InChI is InChI=1S/C22H26N6OS/c1-4-28(5-2)19-12-8-17(9-13-19)14-23-25-21-24-22(27-26-21)30-15-20(29)18-10-6-16(3)7-11-18/h6-14H,4-5,15H2,1-3H3,(H2,24,25,26,27)/b23-14-. The van der Waals surface area contributed by atoms with Crippen LogP contribution in [0.2, 0.25) is 0 Å². The van der Waals surface area contributed by atoms with Crippen LogP contribution >= 0.6 is 11.8 Å². The SMILES string of the molecule is CCN(CC)c1ccc(/C=N\Nc2nc(SCC(=O)c3ccc(C)cc3)n[nH]2)cc1. The molecular weight excluding hydrogens is 396 g/mol. The maximum atomic E-state index is 12.2. The largest absolute Gasteiger partial charge is 0.372 e. The fourth-order valence-electron chi connectivity index (χ4n) is 2.84. The first-order valence-electron chi connectivity index (χ1n) is 9.88. The summed E-state index contributed by atoms with van der Waals surface area (Å²) in [5.74, 6) is 0.754. The molecule has 0 amide bonds. The van der Waals surface area contributed by atoms with E-state index in [9.17, 15) is 4.79 Å². The summed E-state index contributed by atoms with van der Waals surface area (Å²) in [5, 5.41) is 11.6. The minimum atomic E-state index is 0.0467. The monoisotopic (exact) mass is 422 g/mol. The Kier molecular flexibility index (Phi) is 7.62. The second-order valence-electron chi connectivity index (χ2n) is 6.68. The zero-order chi connectivity index (χ0) is 21.3. The molecule has 2 aromatic carbocycles. The normalized spacial score (nSPS) is 11.0. The zero-order valence-corrected chi connectivity index (χ0v) is 18.2. The summed E-state index contributed by atoms with van der Waals surface area (Å²) in [6.45, 7) is 8.24. The van der Waals surface area contributed by atoms with E-state index in [2.05, 4.69) is 56.6 Å². The Morgan fingerprint density at radius 2 is 1.83 bits per heavy atom. The lowest BCUT2D eigenvalue weighted by Gasteiger charge is -2.20. The molecule has 0 saturated carbocycles. The smallest absolute Gasteiger partial charge is 0.240 e. The molecule has 3 aromatic rings. The Hall–Kier alpha value is -3.13. The maximum absolute atomic E-state index is 12.2. The molecule has 1 heterocycles. The van der Waals surface area contributed by atoms with Crippen LogP contribution in [-0.2, 0) is 0 Å². The number of aryl methyl sites for hydroxylation is 1. The van der Waals surface area contributed by atoms with E-state index in [-0.39, 0.29) is 11.5 Å². The minimum Gasteiger partial charge on any atom is -0.372 e. The van der Waals surface area contributed by atoms with E-state index in [1.807, 2.05) is 43.3 Å². The van der Waals surface area contributed by atoms with Crippen LogP contribution in [0.25, 0.3) is 0 Å². The minimum absolute atomic E-state index is 0.0467. The molecule has 8 heteroatoms. The van der Waals surface area contributed by atoms with Crippen molar-refractivity contribution >= 4 is 35.4 Å². The van der Waals surface area contributed by atoms with Crippen molar-refractivity contribution in [2.75, 3.05) is 29.2 Å². The summed E-state index contributed by atoms with van der Waals surface area (Å²) in [7, 11) is 0. The number of Topliss-reactive ketones (excluding diaryl/α,β-unsaturated/α-hetero) is 1. The van der Waals surface area contributed by atoms with Gasteiger partial charge in [0.05, 0.1) is 12.0 Å². The first kappa shape index (κ1) is 21.6. The fourth-order valence-corrected chi connectivity index (χ4v) is 3.53. The molecule has 0 atom stereocenters. The number of hydrogen-bond acceptors (Lipinski definition) is 7. The Balaban J connectivity index is 1.49. The molecule has 0 aliphatic rings. The third-order valence-corrected chi connectivity index (χ3v) is 5.42. The summed E-state index contributed by atoms with van der Waals surface area (Å²) in [6, 6.07) is 15.8. The first-order chi connectivity index (χ1) is 14.6. The Labute approximate surface area is 181 Å². The molecule has 0 spiro atoms. The van der Waals surface area contributed by atoms with Gasteiger partial charge in [0.25, 0.3) is 0 Å². The number of H-pyrrole nitrogens is 1. The molecule has 3 rings (SSSR count). The van der Waals surface area contributed by atoms with Crippen LogP contribution in [0.4, 0.5) is 11.6 Å². The Morgan fingerprint density at radius 1 is 1.13 bits per heavy atom. The predicted octanol–water partition coefficient (Wildman–Crippen LogP) is 4.38. The van der Waals surface area contributed by atoms with Crippen molar-refractivity contribution < 1.29 is 4.79 Å². The van der Waals surface area contributed by atoms with Gasteiger partial charge in [-0.05, 0) is 38.5 Å². The zero-order valence-electron chi connectivity index (χ0n) is 17.4. The van der Waals surface area contributed by atoms with Crippen molar-refractivity contribution in [3.8, 4) is 0 Å². The van der Waals surface area contributed by atoms with E-state index in [1.54, 1.807) is 6.21 Å². The molecule has 0 bridgehead atoms. The number of ketones is 1. The van der Waals surface area contributed by atoms with Crippen LogP contribution in [0.3, 0.4) is 0 Å². The number of carbonyl (C=O) groups is 1. The molecule has 0 aliphatic heterocycles. The highest BCUT2D eigenvalue weighted by Gasteiger charge is 2.09. The van der Waals surface area contributed by atoms with Crippen molar-refractivity contribution in [2.24, 2.45) is 5.10 Å². The molecule has 0 fully saturated rings. The molecular formula is C22H26N6OS. The number of hydrogen-bond donors (Lipinski definition) is 2. The van der Waals surface area contributed by atoms with Crippen LogP contribution in [-0.4, -0.2) is 46.0 Å². The number of rotatable bonds is 10. The van der Waals surface area contributed by atoms with Crippen LogP contribution in [0, 0.1) is 6.92 Å². The highest BCUT2D eigenvalue weighted by atomic mass is 32.2. The molecule has 0 saturated heterocycles. The lowest BCUT2D eigenvalue weighted by molar-refractivity contribution is 0.102. The number of hydrazone groups is 1. The highest BCUT2D eigenvalue weighted by Crippen LogP contribution is 2.17. The summed E-state index contributed by atoms with van der Waals surface area (Å²) in [6.07, 6.45) is 1.72. The molecule has 156 valence electrons. The average molecular weight is 423 g/mol. The Morgan fingerprint density at radius 3 is 2.50 bits per heavy atom. The second-order valence-corrected chi connectivity index (χ2v) is 7.62. The van der Waals surface area contributed by atoms with Gasteiger partial charge in [-0.15, -0.1) is 5.10 Å². The number of carbonyl (C=O) groups excluding carboxylic acids is 1. The quantitative estimate of drug-likeness (QED) is 0.218. The van der Waals surface area contributed by atoms with E-state index in [4.69, 9.17) is 0 Å². The van der Waals surface area contributed by atoms with Gasteiger partial charge >= 0.3 is 0 Å². The summed E-state index contributed by atoms with van der Waals surface area (Å²) in [4.78, 5) is 18.8. The topological polar surface area (TPSA) is 86.3 Å². The lowest BCUT2D eigenvalue weighted by Crippen LogP contribution is -2.21. The van der Waals surface area contributed by atoms with Gasteiger partial charge in [0, 0.05) is 24.3 Å². The summed E-state index contributed by atoms with van der Waals surface area (Å²) < 4.78 is 0. The number of nitrogens with zero attached hydrogens (tertiary/aromatic N) is 4. The van der Waals surface area contributed by atoms with Crippen molar-refractivity contribution in [1.29, 1.82) is 0 Å². The summed E-state index contributed by atoms with van der Waals surface area (Å²) >= 11 is 1.29. The summed E-state index contributed by atoms with van der Waals surface area (Å²) in [5.41, 5.74) is 6.83. The highest BCUT2D eigenvalue weighted by molar-refractivity contribution is 7.99. The van der Waals surface area contributed by atoms with Gasteiger partial charge in [0.1, 0.15) is 0 Å². The van der Waals surface area contributed by atoms with Gasteiger partial charge in [-0.2, -0.15) is 10.1 Å². The van der Waals surface area contributed by atoms with Gasteiger partial charge in [-0.1, -0.05) is 53.7 Å². The van der Waals surface area contributed by atoms with Crippen LogP contribution in [0.1, 0.15) is 35.3 Å². The van der Waals surface area contributed by atoms with E-state index in [0.717, 1.165) is 24.2 Å². The van der Waals surface area contributed by atoms with Crippen LogP contribution < -0.4 is 10.3 Å². The molecule has 1 aromatic heterocycles. The molecule has 0 unspecified atom stereocenters. The van der Waals surface area contributed by atoms with Gasteiger partial charge in [0.2, 0.25) is 11.1 Å².